The average Bonchev–Trinajstić information content (AvgIpc) is 2.26. The van der Waals surface area contributed by atoms with E-state index in [1.54, 1.807) is 0 Å². The predicted octanol–water partition coefficient (Wildman–Crippen LogP) is 4.23. The molecule has 94 valence electrons. The molecule has 1 aromatic carbocycles. The molecule has 1 aliphatic heterocycles. The summed E-state index contributed by atoms with van der Waals surface area (Å²) in [5, 5.41) is 0.935. The molecular formula is C15H22ClN. The van der Waals surface area contributed by atoms with Crippen molar-refractivity contribution in [1.29, 1.82) is 0 Å². The van der Waals surface area contributed by atoms with Gasteiger partial charge in [0.15, 0.2) is 0 Å². The highest BCUT2D eigenvalue weighted by Crippen LogP contribution is 2.31. The highest BCUT2D eigenvalue weighted by molar-refractivity contribution is 6.31. The third kappa shape index (κ3) is 2.66. The Morgan fingerprint density at radius 2 is 1.82 bits per heavy atom. The van der Waals surface area contributed by atoms with E-state index in [0.717, 1.165) is 18.0 Å². The van der Waals surface area contributed by atoms with Crippen molar-refractivity contribution in [3.05, 3.63) is 33.8 Å². The van der Waals surface area contributed by atoms with Crippen molar-refractivity contribution >= 4 is 11.6 Å². The highest BCUT2D eigenvalue weighted by atomic mass is 35.5. The second-order valence-electron chi connectivity index (χ2n) is 5.61. The molecular weight excluding hydrogens is 230 g/mol. The van der Waals surface area contributed by atoms with Crippen LogP contribution in [-0.2, 0) is 13.0 Å². The van der Waals surface area contributed by atoms with Gasteiger partial charge in [-0.3, -0.25) is 4.90 Å². The lowest BCUT2D eigenvalue weighted by Gasteiger charge is -2.32. The molecule has 0 amide bonds. The van der Waals surface area contributed by atoms with E-state index < -0.39 is 0 Å². The summed E-state index contributed by atoms with van der Waals surface area (Å²) in [6, 6.07) is 5.12. The second-order valence-corrected chi connectivity index (χ2v) is 6.02. The van der Waals surface area contributed by atoms with Crippen LogP contribution in [0.3, 0.4) is 0 Å². The zero-order valence-corrected chi connectivity index (χ0v) is 12.0. The first-order valence-corrected chi connectivity index (χ1v) is 6.92. The normalized spacial score (nSPS) is 16.6. The van der Waals surface area contributed by atoms with Crippen LogP contribution < -0.4 is 0 Å². The fourth-order valence-electron chi connectivity index (χ4n) is 2.50. The summed E-state index contributed by atoms with van der Waals surface area (Å²) >= 11 is 6.36. The largest absolute Gasteiger partial charge is 0.296 e. The maximum absolute atomic E-state index is 6.36. The third-order valence-electron chi connectivity index (χ3n) is 3.71. The molecule has 0 atom stereocenters. The van der Waals surface area contributed by atoms with E-state index in [2.05, 4.69) is 44.7 Å². The minimum absolute atomic E-state index is 0.510. The zero-order chi connectivity index (χ0) is 12.6. The summed E-state index contributed by atoms with van der Waals surface area (Å²) in [5.41, 5.74) is 4.21. The molecule has 2 rings (SSSR count). The van der Waals surface area contributed by atoms with Gasteiger partial charge < -0.3 is 0 Å². The van der Waals surface area contributed by atoms with Crippen LogP contribution in [0.15, 0.2) is 12.1 Å². The van der Waals surface area contributed by atoms with Gasteiger partial charge in [-0.2, -0.15) is 0 Å². The topological polar surface area (TPSA) is 3.24 Å². The van der Waals surface area contributed by atoms with Gasteiger partial charge in [0.2, 0.25) is 0 Å². The molecule has 2 heteroatoms. The number of fused-ring (bicyclic) bond motifs is 1. The molecule has 0 spiro atoms. The predicted molar refractivity (Wildman–Crippen MR) is 74.8 cm³/mol. The first-order valence-electron chi connectivity index (χ1n) is 6.54. The summed E-state index contributed by atoms with van der Waals surface area (Å²) in [6.45, 7) is 11.1. The Labute approximate surface area is 110 Å². The lowest BCUT2D eigenvalue weighted by Crippen LogP contribution is -2.35. The summed E-state index contributed by atoms with van der Waals surface area (Å²) < 4.78 is 0. The Kier molecular flexibility index (Phi) is 3.79. The molecule has 0 unspecified atom stereocenters. The fourth-order valence-corrected chi connectivity index (χ4v) is 2.91. The molecule has 1 aromatic rings. The van der Waals surface area contributed by atoms with Gasteiger partial charge in [0.25, 0.3) is 0 Å². The maximum Gasteiger partial charge on any atom is 0.0444 e. The van der Waals surface area contributed by atoms with Crippen molar-refractivity contribution in [2.24, 2.45) is 0 Å². The highest BCUT2D eigenvalue weighted by Gasteiger charge is 2.20. The van der Waals surface area contributed by atoms with Crippen LogP contribution in [0.25, 0.3) is 0 Å². The van der Waals surface area contributed by atoms with Crippen molar-refractivity contribution in [3.63, 3.8) is 0 Å². The van der Waals surface area contributed by atoms with Crippen molar-refractivity contribution in [3.8, 4) is 0 Å². The monoisotopic (exact) mass is 251 g/mol. The Hall–Kier alpha value is -0.530. The maximum atomic E-state index is 6.36. The average molecular weight is 252 g/mol. The van der Waals surface area contributed by atoms with E-state index in [9.17, 15) is 0 Å². The molecule has 17 heavy (non-hydrogen) atoms. The van der Waals surface area contributed by atoms with Crippen molar-refractivity contribution in [2.45, 2.75) is 52.6 Å². The molecule has 1 nitrogen and oxygen atoms in total. The first-order chi connectivity index (χ1) is 7.99. The van der Waals surface area contributed by atoms with E-state index in [-0.39, 0.29) is 0 Å². The molecule has 1 aliphatic rings. The van der Waals surface area contributed by atoms with Crippen LogP contribution in [0.4, 0.5) is 0 Å². The number of halogens is 1. The van der Waals surface area contributed by atoms with Gasteiger partial charge in [-0.25, -0.2) is 0 Å². The Morgan fingerprint density at radius 1 is 1.12 bits per heavy atom. The van der Waals surface area contributed by atoms with E-state index in [4.69, 9.17) is 11.6 Å². The molecule has 0 fully saturated rings. The van der Waals surface area contributed by atoms with Gasteiger partial charge >= 0.3 is 0 Å². The van der Waals surface area contributed by atoms with Crippen LogP contribution in [0.1, 0.15) is 50.3 Å². The number of hydrogen-bond acceptors (Lipinski definition) is 1. The fraction of sp³-hybridized carbons (Fsp3) is 0.600. The lowest BCUT2D eigenvalue weighted by atomic mass is 9.93. The van der Waals surface area contributed by atoms with Crippen LogP contribution in [0.2, 0.25) is 5.02 Å². The number of nitrogens with zero attached hydrogens (tertiary/aromatic N) is 1. The van der Waals surface area contributed by atoms with Gasteiger partial charge in [0, 0.05) is 24.2 Å². The van der Waals surface area contributed by atoms with Gasteiger partial charge in [-0.15, -0.1) is 0 Å². The summed E-state index contributed by atoms with van der Waals surface area (Å²) in [4.78, 5) is 2.51. The number of rotatable bonds is 2. The SMILES string of the molecule is CC(C)c1cc2c(cc1Cl)CN(C(C)C)CC2. The Bertz CT molecular complexity index is 410. The first kappa shape index (κ1) is 12.9. The van der Waals surface area contributed by atoms with Crippen molar-refractivity contribution < 1.29 is 0 Å². The van der Waals surface area contributed by atoms with E-state index in [1.807, 2.05) is 0 Å². The summed E-state index contributed by atoms with van der Waals surface area (Å²) in [6.07, 6.45) is 1.16. The quantitative estimate of drug-likeness (QED) is 0.760. The van der Waals surface area contributed by atoms with Gasteiger partial charge in [0.05, 0.1) is 0 Å². The van der Waals surface area contributed by atoms with Crippen molar-refractivity contribution in [2.75, 3.05) is 6.54 Å². The molecule has 0 radical (unpaired) electrons. The molecule has 0 saturated carbocycles. The Morgan fingerprint density at radius 3 is 2.41 bits per heavy atom. The zero-order valence-electron chi connectivity index (χ0n) is 11.3. The number of hydrogen-bond donors (Lipinski definition) is 0. The van der Waals surface area contributed by atoms with E-state index in [1.165, 1.54) is 23.2 Å². The molecule has 0 aliphatic carbocycles. The molecule has 1 heterocycles. The number of benzene rings is 1. The van der Waals surface area contributed by atoms with Gasteiger partial charge in [-0.05, 0) is 48.9 Å². The second kappa shape index (κ2) is 4.99. The lowest BCUT2D eigenvalue weighted by molar-refractivity contribution is 0.203. The molecule has 0 N–H and O–H groups in total. The van der Waals surface area contributed by atoms with E-state index in [0.29, 0.717) is 12.0 Å². The van der Waals surface area contributed by atoms with Crippen LogP contribution in [0.5, 0.6) is 0 Å². The Balaban J connectivity index is 2.32. The summed E-state index contributed by atoms with van der Waals surface area (Å²) in [7, 11) is 0. The van der Waals surface area contributed by atoms with E-state index >= 15 is 0 Å². The minimum atomic E-state index is 0.510. The third-order valence-corrected chi connectivity index (χ3v) is 4.04. The van der Waals surface area contributed by atoms with Crippen LogP contribution >= 0.6 is 11.6 Å². The van der Waals surface area contributed by atoms with Crippen LogP contribution in [0, 0.1) is 0 Å². The van der Waals surface area contributed by atoms with Gasteiger partial charge in [-0.1, -0.05) is 31.5 Å². The summed E-state index contributed by atoms with van der Waals surface area (Å²) in [5.74, 6) is 0.510. The van der Waals surface area contributed by atoms with Crippen molar-refractivity contribution in [1.82, 2.24) is 4.90 Å². The standard InChI is InChI=1S/C15H22ClN/c1-10(2)14-7-12-5-6-17(11(3)4)9-13(12)8-15(14)16/h7-8,10-11H,5-6,9H2,1-4H3. The molecule has 0 saturated heterocycles. The molecule has 0 bridgehead atoms. The van der Waals surface area contributed by atoms with Gasteiger partial charge in [0.1, 0.15) is 0 Å². The smallest absolute Gasteiger partial charge is 0.0444 e. The molecule has 0 aromatic heterocycles. The minimum Gasteiger partial charge on any atom is -0.296 e. The van der Waals surface area contributed by atoms with Crippen LogP contribution in [-0.4, -0.2) is 17.5 Å².